The van der Waals surface area contributed by atoms with Crippen molar-refractivity contribution in [1.29, 1.82) is 0 Å². The lowest BCUT2D eigenvalue weighted by atomic mass is 9.59. The maximum Gasteiger partial charge on any atom is 0.220 e. The van der Waals surface area contributed by atoms with E-state index in [1.807, 2.05) is 0 Å². The van der Waals surface area contributed by atoms with Crippen LogP contribution in [0, 0.1) is 0 Å². The molecule has 4 N–H and O–H groups in total. The van der Waals surface area contributed by atoms with Gasteiger partial charge in [0.05, 0.1) is 6.61 Å². The van der Waals surface area contributed by atoms with E-state index in [4.69, 9.17) is 10.2 Å². The van der Waals surface area contributed by atoms with Crippen molar-refractivity contribution in [3.05, 3.63) is 0 Å². The zero-order valence-electron chi connectivity index (χ0n) is 16.3. The number of hydrogen-bond donors (Lipinski definition) is 4. The number of halogens is 1. The van der Waals surface area contributed by atoms with Crippen LogP contribution in [-0.2, 0) is 23.9 Å². The minimum absolute atomic E-state index is 1.19. The molecule has 1 rings (SSSR count). The molecule has 1 aliphatic heterocycles. The number of ether oxygens (including phenoxy) is 1. The summed E-state index contributed by atoms with van der Waals surface area (Å²) in [6.07, 6.45) is -2.32. The molecule has 0 amide bonds. The molecule has 0 radical (unpaired) electrons. The monoisotopic (exact) mass is 414 g/mol. The summed E-state index contributed by atoms with van der Waals surface area (Å²) in [4.78, 5) is 49.7. The smallest absolute Gasteiger partial charge is 0.220 e. The Balaban J connectivity index is 4.15. The van der Waals surface area contributed by atoms with Crippen LogP contribution in [0.1, 0.15) is 33.1 Å². The molecule has 1 fully saturated rings. The molecule has 1 saturated heterocycles. The number of hydrogen-bond acceptors (Lipinski definition) is 9. The lowest BCUT2D eigenvalue weighted by Gasteiger charge is -2.60. The van der Waals surface area contributed by atoms with E-state index < -0.39 is 84.8 Å². The Morgan fingerprint density at radius 3 is 1.83 bits per heavy atom. The summed E-state index contributed by atoms with van der Waals surface area (Å²) < 4.78 is 30.8. The normalized spacial score (nSPS) is 44.6. The Morgan fingerprint density at radius 1 is 0.958 bits per heavy atom. The second-order valence-electron chi connectivity index (χ2n) is 5.26. The first-order chi connectivity index (χ1) is 12.8. The van der Waals surface area contributed by atoms with Crippen molar-refractivity contribution in [2.45, 2.75) is 55.0 Å². The molecular weight excluding hydrogens is 392 g/mol. The summed E-state index contributed by atoms with van der Waals surface area (Å²) in [7, 11) is 0. The summed E-state index contributed by atoms with van der Waals surface area (Å²) >= 11 is 2.56. The van der Waals surface area contributed by atoms with Crippen molar-refractivity contribution < 1.29 is 49.8 Å². The lowest BCUT2D eigenvalue weighted by Crippen LogP contribution is -2.89. The van der Waals surface area contributed by atoms with Crippen LogP contribution in [0.2, 0.25) is 0 Å². The summed E-state index contributed by atoms with van der Waals surface area (Å²) in [5.41, 5.74) is -11.4. The predicted octanol–water partition coefficient (Wildman–Crippen LogP) is -1.98. The molecule has 1 unspecified atom stereocenters. The summed E-state index contributed by atoms with van der Waals surface area (Å²) in [6, 6.07) is 0. The van der Waals surface area contributed by atoms with E-state index in [0.717, 1.165) is 0 Å². The van der Waals surface area contributed by atoms with Gasteiger partial charge in [-0.1, -0.05) is 0 Å². The van der Waals surface area contributed by atoms with E-state index in [1.165, 1.54) is 0 Å². The van der Waals surface area contributed by atoms with Crippen molar-refractivity contribution in [3.63, 3.8) is 0 Å². The molecular formula is C14H19BrO9. The van der Waals surface area contributed by atoms with Crippen molar-refractivity contribution in [3.8, 4) is 0 Å². The number of aliphatic hydroxyl groups excluding tert-OH is 1. The highest BCUT2D eigenvalue weighted by atomic mass is 79.9. The first-order valence-electron chi connectivity index (χ1n) is 9.12. The average Bonchev–Trinajstić information content (AvgIpc) is 2.71. The fourth-order valence-corrected chi connectivity index (χ4v) is 3.46. The van der Waals surface area contributed by atoms with Crippen LogP contribution < -0.4 is 0 Å². The van der Waals surface area contributed by atoms with Crippen LogP contribution in [0.5, 0.6) is 0 Å². The number of alkyl halides is 1. The van der Waals surface area contributed by atoms with Crippen LogP contribution in [0.25, 0.3) is 0 Å². The molecule has 136 valence electrons. The van der Waals surface area contributed by atoms with Gasteiger partial charge in [0.1, 0.15) is 6.10 Å². The largest absolute Gasteiger partial charge is 0.394 e. The third-order valence-electron chi connectivity index (χ3n) is 4.07. The van der Waals surface area contributed by atoms with Gasteiger partial charge in [-0.3, -0.25) is 19.2 Å². The highest BCUT2D eigenvalue weighted by molar-refractivity contribution is 9.10. The van der Waals surface area contributed by atoms with Gasteiger partial charge in [0, 0.05) is 5.48 Å². The van der Waals surface area contributed by atoms with Crippen LogP contribution in [0.3, 0.4) is 0 Å². The van der Waals surface area contributed by atoms with E-state index in [0.29, 0.717) is 0 Å². The molecule has 0 bridgehead atoms. The quantitative estimate of drug-likeness (QED) is 0.373. The number of carbonyl (C=O) groups excluding carboxylic acids is 4. The maximum absolute atomic E-state index is 12.5. The number of carbonyl (C=O) groups is 4. The van der Waals surface area contributed by atoms with Gasteiger partial charge in [0.2, 0.25) is 15.7 Å². The molecule has 1 heterocycles. The second kappa shape index (κ2) is 6.04. The zero-order valence-corrected chi connectivity index (χ0v) is 13.9. The number of aliphatic hydroxyl groups is 4. The fourth-order valence-electron chi connectivity index (χ4n) is 2.72. The lowest BCUT2D eigenvalue weighted by molar-refractivity contribution is -0.321. The van der Waals surface area contributed by atoms with Crippen molar-refractivity contribution >= 4 is 39.1 Å². The summed E-state index contributed by atoms with van der Waals surface area (Å²) in [5, 5.41) is 42.8. The molecule has 10 heteroatoms. The van der Waals surface area contributed by atoms with Gasteiger partial charge in [-0.25, -0.2) is 0 Å². The third kappa shape index (κ3) is 2.11. The second-order valence-corrected chi connectivity index (χ2v) is 6.38. The van der Waals surface area contributed by atoms with Gasteiger partial charge in [0.15, 0.2) is 28.7 Å². The molecule has 0 aliphatic carbocycles. The topological polar surface area (TPSA) is 158 Å². The van der Waals surface area contributed by atoms with E-state index in [9.17, 15) is 39.6 Å². The Morgan fingerprint density at radius 2 is 1.42 bits per heavy atom. The van der Waals surface area contributed by atoms with Gasteiger partial charge in [-0.05, 0) is 43.5 Å². The Labute approximate surface area is 151 Å². The van der Waals surface area contributed by atoms with E-state index in [2.05, 4.69) is 15.9 Å². The van der Waals surface area contributed by atoms with Crippen LogP contribution in [-0.4, -0.2) is 77.6 Å². The Bertz CT molecular complexity index is 694. The Kier molecular flexibility index (Phi) is 3.83. The SMILES string of the molecule is [2H]CC(=O)C1(Br)O[C@H](CO)[C@](O)(C(=O)C[2H])[C@@](O)(C(=O)C[2H])[C@]1(O)C(=O)C[2H]. The minimum atomic E-state index is -3.96. The fraction of sp³-hybridized carbons (Fsp3) is 0.714. The standard InChI is InChI=1S/C14H19BrO9/c1-6(17)11(21)10(5-16)24-14(15,9(4)20)13(23,8(3)19)12(11,22)7(2)18/h10,16,21-23H,5H2,1-4H3/t10-,11-,12+,13-,14?/m1/s1/i1D,2D,3D,4D. The van der Waals surface area contributed by atoms with Crippen LogP contribution >= 0.6 is 15.9 Å². The van der Waals surface area contributed by atoms with Gasteiger partial charge in [-0.2, -0.15) is 0 Å². The summed E-state index contributed by atoms with van der Waals surface area (Å²) in [6.45, 7) is -6.61. The van der Waals surface area contributed by atoms with Crippen molar-refractivity contribution in [2.75, 3.05) is 6.61 Å². The molecule has 0 aromatic carbocycles. The molecule has 0 aromatic rings. The highest BCUT2D eigenvalue weighted by Gasteiger charge is 2.83. The first-order valence-corrected chi connectivity index (χ1v) is 7.09. The van der Waals surface area contributed by atoms with E-state index >= 15 is 0 Å². The van der Waals surface area contributed by atoms with Crippen molar-refractivity contribution in [1.82, 2.24) is 0 Å². The van der Waals surface area contributed by atoms with Crippen molar-refractivity contribution in [2.24, 2.45) is 0 Å². The predicted molar refractivity (Wildman–Crippen MR) is 81.2 cm³/mol. The Hall–Kier alpha value is -1.04. The van der Waals surface area contributed by atoms with Gasteiger partial charge < -0.3 is 25.2 Å². The zero-order chi connectivity index (χ0) is 22.1. The molecule has 0 saturated carbocycles. The third-order valence-corrected chi connectivity index (χ3v) is 5.27. The average molecular weight is 415 g/mol. The first kappa shape index (κ1) is 15.2. The molecule has 5 atom stereocenters. The highest BCUT2D eigenvalue weighted by Crippen LogP contribution is 2.53. The molecule has 9 nitrogen and oxygen atoms in total. The number of rotatable bonds is 5. The van der Waals surface area contributed by atoms with E-state index in [-0.39, 0.29) is 0 Å². The van der Waals surface area contributed by atoms with Crippen LogP contribution in [0.15, 0.2) is 0 Å². The van der Waals surface area contributed by atoms with Crippen LogP contribution in [0.4, 0.5) is 0 Å². The summed E-state index contributed by atoms with van der Waals surface area (Å²) in [5.74, 6) is -6.70. The molecule has 1 aliphatic rings. The van der Waals surface area contributed by atoms with E-state index in [1.54, 1.807) is 0 Å². The van der Waals surface area contributed by atoms with Gasteiger partial charge in [-0.15, -0.1) is 0 Å². The molecule has 0 aromatic heterocycles. The number of ketones is 4. The number of Topliss-reactive ketones (excluding diaryl/α,β-unsaturated/α-hetero) is 4. The van der Waals surface area contributed by atoms with Gasteiger partial charge >= 0.3 is 0 Å². The molecule has 0 spiro atoms. The minimum Gasteiger partial charge on any atom is -0.394 e. The molecule has 24 heavy (non-hydrogen) atoms. The van der Waals surface area contributed by atoms with Gasteiger partial charge in [0.25, 0.3) is 0 Å². The maximum atomic E-state index is 12.5.